The Hall–Kier alpha value is -2.37. The summed E-state index contributed by atoms with van der Waals surface area (Å²) in [6.45, 7) is 5.69. The fourth-order valence-corrected chi connectivity index (χ4v) is 3.26. The lowest BCUT2D eigenvalue weighted by Gasteiger charge is -2.35. The van der Waals surface area contributed by atoms with Gasteiger partial charge in [-0.25, -0.2) is 0 Å². The van der Waals surface area contributed by atoms with Crippen LogP contribution in [0.15, 0.2) is 24.3 Å². The third-order valence-corrected chi connectivity index (χ3v) is 5.23. The number of carbonyl (C=O) groups excluding carboxylic acids is 3. The Morgan fingerprint density at radius 1 is 1.00 bits per heavy atom. The minimum Gasteiger partial charge on any atom is -0.339 e. The van der Waals surface area contributed by atoms with E-state index in [2.05, 4.69) is 12.2 Å². The van der Waals surface area contributed by atoms with Gasteiger partial charge >= 0.3 is 0 Å². The smallest absolute Gasteiger partial charge is 0.240 e. The predicted octanol–water partition coefficient (Wildman–Crippen LogP) is 1.66. The molecule has 1 saturated carbocycles. The maximum atomic E-state index is 12.9. The fourth-order valence-electron chi connectivity index (χ4n) is 3.26. The molecule has 1 aliphatic carbocycles. The summed E-state index contributed by atoms with van der Waals surface area (Å²) < 4.78 is 0. The van der Waals surface area contributed by atoms with Crippen molar-refractivity contribution in [2.24, 2.45) is 5.41 Å². The highest BCUT2D eigenvalue weighted by Gasteiger charge is 2.58. The van der Waals surface area contributed by atoms with E-state index in [0.29, 0.717) is 39.0 Å². The van der Waals surface area contributed by atoms with Gasteiger partial charge in [-0.05, 0) is 37.0 Å². The van der Waals surface area contributed by atoms with E-state index in [1.807, 2.05) is 24.3 Å². The van der Waals surface area contributed by atoms with Crippen LogP contribution in [0.2, 0.25) is 0 Å². The van der Waals surface area contributed by atoms with Gasteiger partial charge in [0.15, 0.2) is 0 Å². The molecule has 0 spiro atoms. The van der Waals surface area contributed by atoms with Crippen LogP contribution in [-0.2, 0) is 20.8 Å². The normalized spacial score (nSPS) is 18.6. The highest BCUT2D eigenvalue weighted by molar-refractivity contribution is 6.13. The summed E-state index contributed by atoms with van der Waals surface area (Å²) >= 11 is 0. The molecule has 0 radical (unpaired) electrons. The van der Waals surface area contributed by atoms with Crippen LogP contribution >= 0.6 is 0 Å². The summed E-state index contributed by atoms with van der Waals surface area (Å²) in [5.41, 5.74) is 1.02. The third kappa shape index (κ3) is 3.52. The van der Waals surface area contributed by atoms with Crippen LogP contribution in [0.1, 0.15) is 32.3 Å². The van der Waals surface area contributed by atoms with E-state index < -0.39 is 5.41 Å². The van der Waals surface area contributed by atoms with Crippen LogP contribution in [0.5, 0.6) is 0 Å². The molecule has 3 rings (SSSR count). The largest absolute Gasteiger partial charge is 0.339 e. The quantitative estimate of drug-likeness (QED) is 0.845. The molecule has 1 aromatic rings. The Kier molecular flexibility index (Phi) is 4.79. The van der Waals surface area contributed by atoms with Crippen molar-refractivity contribution in [1.82, 2.24) is 9.80 Å². The molecule has 0 aromatic heterocycles. The number of benzene rings is 1. The standard InChI is InChI=1S/C19H25N3O3/c1-3-15-4-6-16(7-5-15)20-17(24)19(8-9-19)18(25)22-12-10-21(11-13-22)14(2)23/h4-7H,3,8-13H2,1-2H3,(H,20,24). The Morgan fingerprint density at radius 3 is 2.04 bits per heavy atom. The van der Waals surface area contributed by atoms with Crippen LogP contribution in [0, 0.1) is 5.41 Å². The van der Waals surface area contributed by atoms with Crippen LogP contribution in [-0.4, -0.2) is 53.7 Å². The van der Waals surface area contributed by atoms with Gasteiger partial charge in [0, 0.05) is 38.8 Å². The number of hydrogen-bond donors (Lipinski definition) is 1. The molecule has 6 nitrogen and oxygen atoms in total. The summed E-state index contributed by atoms with van der Waals surface area (Å²) in [6, 6.07) is 7.72. The first-order chi connectivity index (χ1) is 12.0. The minimum atomic E-state index is -0.915. The van der Waals surface area contributed by atoms with Crippen molar-refractivity contribution in [3.8, 4) is 0 Å². The molecular formula is C19H25N3O3. The Morgan fingerprint density at radius 2 is 1.56 bits per heavy atom. The van der Waals surface area contributed by atoms with Crippen molar-refractivity contribution >= 4 is 23.4 Å². The minimum absolute atomic E-state index is 0.0292. The van der Waals surface area contributed by atoms with Gasteiger partial charge in [0.25, 0.3) is 0 Å². The van der Waals surface area contributed by atoms with Crippen molar-refractivity contribution in [2.45, 2.75) is 33.1 Å². The highest BCUT2D eigenvalue weighted by atomic mass is 16.2. The molecule has 134 valence electrons. The zero-order valence-corrected chi connectivity index (χ0v) is 14.9. The van der Waals surface area contributed by atoms with E-state index in [1.54, 1.807) is 9.80 Å². The topological polar surface area (TPSA) is 69.7 Å². The molecule has 0 atom stereocenters. The molecule has 6 heteroatoms. The van der Waals surface area contributed by atoms with Gasteiger partial charge in [0.1, 0.15) is 5.41 Å². The van der Waals surface area contributed by atoms with E-state index >= 15 is 0 Å². The summed E-state index contributed by atoms with van der Waals surface area (Å²) in [5.74, 6) is -0.282. The number of rotatable bonds is 4. The van der Waals surface area contributed by atoms with Crippen molar-refractivity contribution in [3.63, 3.8) is 0 Å². The van der Waals surface area contributed by atoms with Gasteiger partial charge in [-0.3, -0.25) is 14.4 Å². The first-order valence-corrected chi connectivity index (χ1v) is 8.91. The molecule has 1 saturated heterocycles. The lowest BCUT2D eigenvalue weighted by Crippen LogP contribution is -2.53. The van der Waals surface area contributed by atoms with E-state index in [-0.39, 0.29) is 17.7 Å². The Balaban J connectivity index is 1.62. The molecular weight excluding hydrogens is 318 g/mol. The van der Waals surface area contributed by atoms with Crippen LogP contribution < -0.4 is 5.32 Å². The number of piperazine rings is 1. The molecule has 2 fully saturated rings. The Labute approximate surface area is 148 Å². The maximum Gasteiger partial charge on any atom is 0.240 e. The van der Waals surface area contributed by atoms with Crippen molar-refractivity contribution in [2.75, 3.05) is 31.5 Å². The number of carbonyl (C=O) groups is 3. The van der Waals surface area contributed by atoms with Crippen LogP contribution in [0.4, 0.5) is 5.69 Å². The molecule has 1 N–H and O–H groups in total. The molecule has 2 aliphatic rings. The van der Waals surface area contributed by atoms with Gasteiger partial charge in [0.05, 0.1) is 0 Å². The lowest BCUT2D eigenvalue weighted by atomic mass is 10.0. The second-order valence-corrected chi connectivity index (χ2v) is 6.88. The average Bonchev–Trinajstić information content (AvgIpc) is 3.44. The van der Waals surface area contributed by atoms with Gasteiger partial charge in [0.2, 0.25) is 17.7 Å². The summed E-state index contributed by atoms with van der Waals surface area (Å²) in [4.78, 5) is 40.4. The summed E-state index contributed by atoms with van der Waals surface area (Å²) in [5, 5.41) is 2.89. The number of amides is 3. The zero-order valence-electron chi connectivity index (χ0n) is 14.9. The maximum absolute atomic E-state index is 12.9. The van der Waals surface area contributed by atoms with Crippen LogP contribution in [0.25, 0.3) is 0 Å². The van der Waals surface area contributed by atoms with Gasteiger partial charge < -0.3 is 15.1 Å². The monoisotopic (exact) mass is 343 g/mol. The summed E-state index contributed by atoms with van der Waals surface area (Å²) in [7, 11) is 0. The summed E-state index contributed by atoms with van der Waals surface area (Å²) in [6.07, 6.45) is 2.14. The second-order valence-electron chi connectivity index (χ2n) is 6.88. The SMILES string of the molecule is CCc1ccc(NC(=O)C2(C(=O)N3CCN(C(C)=O)CC3)CC2)cc1. The molecule has 0 bridgehead atoms. The number of nitrogens with one attached hydrogen (secondary N) is 1. The van der Waals surface area contributed by atoms with Crippen molar-refractivity contribution < 1.29 is 14.4 Å². The second kappa shape index (κ2) is 6.86. The number of aryl methyl sites for hydroxylation is 1. The molecule has 3 amide bonds. The first-order valence-electron chi connectivity index (χ1n) is 8.91. The molecule has 0 unspecified atom stereocenters. The van der Waals surface area contributed by atoms with E-state index in [9.17, 15) is 14.4 Å². The average molecular weight is 343 g/mol. The first kappa shape index (κ1) is 17.5. The Bertz CT molecular complexity index is 672. The predicted molar refractivity (Wildman–Crippen MR) is 95.0 cm³/mol. The fraction of sp³-hybridized carbons (Fsp3) is 0.526. The molecule has 1 aliphatic heterocycles. The third-order valence-electron chi connectivity index (χ3n) is 5.23. The number of anilines is 1. The number of nitrogens with zero attached hydrogens (tertiary/aromatic N) is 2. The van der Waals surface area contributed by atoms with Crippen LogP contribution in [0.3, 0.4) is 0 Å². The van der Waals surface area contributed by atoms with Crippen molar-refractivity contribution in [3.05, 3.63) is 29.8 Å². The van der Waals surface area contributed by atoms with Gasteiger partial charge in [-0.1, -0.05) is 19.1 Å². The molecule has 25 heavy (non-hydrogen) atoms. The van der Waals surface area contributed by atoms with Gasteiger partial charge in [-0.15, -0.1) is 0 Å². The van der Waals surface area contributed by atoms with Gasteiger partial charge in [-0.2, -0.15) is 0 Å². The number of hydrogen-bond acceptors (Lipinski definition) is 3. The zero-order chi connectivity index (χ0) is 18.0. The van der Waals surface area contributed by atoms with Crippen molar-refractivity contribution in [1.29, 1.82) is 0 Å². The molecule has 1 heterocycles. The highest BCUT2D eigenvalue weighted by Crippen LogP contribution is 2.48. The van der Waals surface area contributed by atoms with E-state index in [4.69, 9.17) is 0 Å². The van der Waals surface area contributed by atoms with E-state index in [1.165, 1.54) is 12.5 Å². The van der Waals surface area contributed by atoms with E-state index in [0.717, 1.165) is 12.1 Å². The molecule has 1 aromatic carbocycles. The lowest BCUT2D eigenvalue weighted by molar-refractivity contribution is -0.146.